The maximum Gasteiger partial charge on any atom is 0.223 e. The minimum Gasteiger partial charge on any atom is -0.497 e. The molecule has 3 atom stereocenters. The molecule has 1 saturated heterocycles. The first-order valence-electron chi connectivity index (χ1n) is 11.7. The summed E-state index contributed by atoms with van der Waals surface area (Å²) in [6.45, 7) is 8.58. The Hall–Kier alpha value is -3.40. The van der Waals surface area contributed by atoms with E-state index in [1.165, 1.54) is 0 Å². The molecule has 1 aliphatic heterocycles. The summed E-state index contributed by atoms with van der Waals surface area (Å²) >= 11 is 0. The van der Waals surface area contributed by atoms with Crippen LogP contribution in [0.25, 0.3) is 16.6 Å². The predicted molar refractivity (Wildman–Crippen MR) is 131 cm³/mol. The number of ether oxygens (including phenoxy) is 1. The number of anilines is 2. The highest BCUT2D eigenvalue weighted by Gasteiger charge is 2.31. The van der Waals surface area contributed by atoms with Gasteiger partial charge in [-0.3, -0.25) is 4.68 Å². The molecule has 5 rings (SSSR count). The van der Waals surface area contributed by atoms with Gasteiger partial charge in [0.2, 0.25) is 5.95 Å². The Labute approximate surface area is 198 Å². The Balaban J connectivity index is 1.46. The molecule has 0 unspecified atom stereocenters. The smallest absolute Gasteiger partial charge is 0.223 e. The van der Waals surface area contributed by atoms with Crippen molar-refractivity contribution in [3.05, 3.63) is 36.4 Å². The summed E-state index contributed by atoms with van der Waals surface area (Å²) in [6, 6.07) is 5.92. The van der Waals surface area contributed by atoms with Gasteiger partial charge in [-0.15, -0.1) is 5.10 Å². The lowest BCUT2D eigenvalue weighted by molar-refractivity contribution is 0.0258. The molecule has 0 aliphatic carbocycles. The van der Waals surface area contributed by atoms with Gasteiger partial charge in [-0.2, -0.15) is 9.61 Å². The van der Waals surface area contributed by atoms with Crippen LogP contribution in [0, 0.1) is 0 Å². The van der Waals surface area contributed by atoms with Crippen molar-refractivity contribution in [2.45, 2.75) is 64.1 Å². The zero-order valence-corrected chi connectivity index (χ0v) is 20.3. The lowest BCUT2D eigenvalue weighted by Crippen LogP contribution is -2.41. The summed E-state index contributed by atoms with van der Waals surface area (Å²) < 4.78 is 8.79. The number of hydrogen-bond acceptors (Lipinski definition) is 8. The maximum absolute atomic E-state index is 10.4. The van der Waals surface area contributed by atoms with E-state index in [0.717, 1.165) is 47.6 Å². The van der Waals surface area contributed by atoms with Gasteiger partial charge in [-0.1, -0.05) is 0 Å². The number of nitrogen functional groups attached to an aromatic ring is 1. The molecule has 1 aromatic carbocycles. The van der Waals surface area contributed by atoms with Crippen molar-refractivity contribution in [1.82, 2.24) is 29.4 Å². The van der Waals surface area contributed by atoms with Crippen molar-refractivity contribution in [3.63, 3.8) is 0 Å². The number of piperidine rings is 1. The first kappa shape index (κ1) is 22.4. The summed E-state index contributed by atoms with van der Waals surface area (Å²) in [5, 5.41) is 20.6. The highest BCUT2D eigenvalue weighted by molar-refractivity contribution is 5.93. The van der Waals surface area contributed by atoms with Crippen LogP contribution in [0.2, 0.25) is 0 Å². The van der Waals surface area contributed by atoms with E-state index in [0.29, 0.717) is 17.6 Å². The van der Waals surface area contributed by atoms with Gasteiger partial charge < -0.3 is 20.5 Å². The number of aliphatic hydroxyl groups is 1. The van der Waals surface area contributed by atoms with Gasteiger partial charge in [0.05, 0.1) is 36.2 Å². The molecule has 4 aromatic rings. The molecule has 10 nitrogen and oxygen atoms in total. The number of aromatic nitrogens is 6. The molecule has 4 heterocycles. The summed E-state index contributed by atoms with van der Waals surface area (Å²) in [5.74, 6) is 1.95. The number of nitrogens with two attached hydrogens (primary N) is 1. The Morgan fingerprint density at radius 3 is 2.76 bits per heavy atom. The van der Waals surface area contributed by atoms with E-state index >= 15 is 0 Å². The minimum atomic E-state index is -0.861. The lowest BCUT2D eigenvalue weighted by atomic mass is 9.92. The van der Waals surface area contributed by atoms with Crippen LogP contribution in [0.3, 0.4) is 0 Å². The van der Waals surface area contributed by atoms with Crippen molar-refractivity contribution >= 4 is 28.2 Å². The van der Waals surface area contributed by atoms with Crippen LogP contribution in [0.1, 0.15) is 58.3 Å². The third-order valence-electron chi connectivity index (χ3n) is 7.11. The molecule has 0 bridgehead atoms. The molecule has 0 amide bonds. The van der Waals surface area contributed by atoms with E-state index in [9.17, 15) is 5.11 Å². The van der Waals surface area contributed by atoms with Crippen LogP contribution in [-0.2, 0) is 0 Å². The molecule has 0 spiro atoms. The molecule has 10 heteroatoms. The molecule has 1 aliphatic rings. The Morgan fingerprint density at radius 2 is 2.03 bits per heavy atom. The van der Waals surface area contributed by atoms with Gasteiger partial charge >= 0.3 is 0 Å². The van der Waals surface area contributed by atoms with Crippen molar-refractivity contribution in [3.8, 4) is 5.75 Å². The second-order valence-corrected chi connectivity index (χ2v) is 9.84. The fraction of sp³-hybridized carbons (Fsp3) is 0.500. The molecule has 34 heavy (non-hydrogen) atoms. The number of fused-ring (bicyclic) bond motifs is 3. The average molecular weight is 465 g/mol. The molecule has 0 saturated carbocycles. The van der Waals surface area contributed by atoms with Crippen molar-refractivity contribution in [2.75, 3.05) is 24.3 Å². The number of rotatable bonds is 5. The summed E-state index contributed by atoms with van der Waals surface area (Å²) in [6.07, 6.45) is 5.89. The number of methoxy groups -OCH3 is 1. The van der Waals surface area contributed by atoms with Crippen LogP contribution in [0.4, 0.5) is 11.6 Å². The van der Waals surface area contributed by atoms with E-state index in [1.807, 2.05) is 42.2 Å². The van der Waals surface area contributed by atoms with Crippen molar-refractivity contribution < 1.29 is 9.84 Å². The standard InChI is InChI=1S/C24H32N8O2/c1-14-6-7-16(12-30(14)17-11-26-31(13-17)15(2)24(3,4)33)21-28-22-19-9-8-18(34-5)10-20(19)27-23(25)32(22)29-21/h8-11,13-16,33H,6-7,12H2,1-5H3,(H2,25,27)/t14-,15+,16+/m1/s1. The average Bonchev–Trinajstić information content (AvgIpc) is 3.46. The van der Waals surface area contributed by atoms with Gasteiger partial charge in [-0.25, -0.2) is 9.97 Å². The van der Waals surface area contributed by atoms with E-state index < -0.39 is 5.60 Å². The molecule has 0 radical (unpaired) electrons. The van der Waals surface area contributed by atoms with E-state index in [4.69, 9.17) is 20.6 Å². The molecule has 1 fully saturated rings. The van der Waals surface area contributed by atoms with Gasteiger partial charge in [-0.05, 0) is 52.7 Å². The Kier molecular flexibility index (Phi) is 5.35. The highest BCUT2D eigenvalue weighted by atomic mass is 16.5. The highest BCUT2D eigenvalue weighted by Crippen LogP contribution is 2.34. The van der Waals surface area contributed by atoms with E-state index in [1.54, 1.807) is 25.5 Å². The summed E-state index contributed by atoms with van der Waals surface area (Å²) in [4.78, 5) is 11.8. The minimum absolute atomic E-state index is 0.139. The topological polar surface area (TPSA) is 120 Å². The first-order chi connectivity index (χ1) is 16.2. The van der Waals surface area contributed by atoms with E-state index in [-0.39, 0.29) is 12.0 Å². The number of nitrogens with zero attached hydrogens (tertiary/aromatic N) is 7. The molecular weight excluding hydrogens is 432 g/mol. The van der Waals surface area contributed by atoms with Gasteiger partial charge in [0.15, 0.2) is 11.5 Å². The van der Waals surface area contributed by atoms with Crippen LogP contribution >= 0.6 is 0 Å². The SMILES string of the molecule is COc1ccc2c(c1)nc(N)n1nc([C@H]3CC[C@@H](C)N(c4cnn([C@@H](C)C(C)(C)O)c4)C3)nc21. The Morgan fingerprint density at radius 1 is 1.24 bits per heavy atom. The largest absolute Gasteiger partial charge is 0.497 e. The molecule has 3 aromatic heterocycles. The van der Waals surface area contributed by atoms with E-state index in [2.05, 4.69) is 21.9 Å². The lowest BCUT2D eigenvalue weighted by Gasteiger charge is -2.38. The van der Waals surface area contributed by atoms with Crippen molar-refractivity contribution in [2.24, 2.45) is 0 Å². The van der Waals surface area contributed by atoms with Crippen LogP contribution < -0.4 is 15.4 Å². The third kappa shape index (κ3) is 3.81. The summed E-state index contributed by atoms with van der Waals surface area (Å²) in [5.41, 5.74) is 7.84. The molecule has 180 valence electrons. The third-order valence-corrected chi connectivity index (χ3v) is 7.11. The van der Waals surface area contributed by atoms with Gasteiger partial charge in [0.1, 0.15) is 5.75 Å². The predicted octanol–water partition coefficient (Wildman–Crippen LogP) is 3.17. The van der Waals surface area contributed by atoms with Gasteiger partial charge in [0.25, 0.3) is 0 Å². The van der Waals surface area contributed by atoms with Gasteiger partial charge in [0, 0.05) is 36.2 Å². The molecule has 3 N–H and O–H groups in total. The second-order valence-electron chi connectivity index (χ2n) is 9.84. The number of benzene rings is 1. The van der Waals surface area contributed by atoms with Crippen LogP contribution in [-0.4, -0.2) is 59.8 Å². The second kappa shape index (κ2) is 8.12. The van der Waals surface area contributed by atoms with Crippen LogP contribution in [0.15, 0.2) is 30.6 Å². The first-order valence-corrected chi connectivity index (χ1v) is 11.7. The zero-order chi connectivity index (χ0) is 24.2. The maximum atomic E-state index is 10.4. The fourth-order valence-electron chi connectivity index (χ4n) is 4.62. The zero-order valence-electron chi connectivity index (χ0n) is 20.3. The summed E-state index contributed by atoms with van der Waals surface area (Å²) in [7, 11) is 1.63. The van der Waals surface area contributed by atoms with Crippen LogP contribution in [0.5, 0.6) is 5.75 Å². The number of hydrogen-bond donors (Lipinski definition) is 2. The normalized spacial score (nSPS) is 20.2. The monoisotopic (exact) mass is 464 g/mol. The Bertz CT molecular complexity index is 1340. The molecular formula is C24H32N8O2. The van der Waals surface area contributed by atoms with Crippen molar-refractivity contribution in [1.29, 1.82) is 0 Å². The fourth-order valence-corrected chi connectivity index (χ4v) is 4.62. The quantitative estimate of drug-likeness (QED) is 0.462.